The van der Waals surface area contributed by atoms with Crippen LogP contribution in [0, 0.1) is 25.7 Å². The minimum atomic E-state index is -3.27. The van der Waals surface area contributed by atoms with Crippen molar-refractivity contribution in [3.05, 3.63) is 29.5 Å². The number of allylic oxidation sites excluding steroid dienone is 1. The van der Waals surface area contributed by atoms with Crippen molar-refractivity contribution in [1.82, 2.24) is 9.97 Å². The maximum absolute atomic E-state index is 14.2. The Bertz CT molecular complexity index is 770. The molecule has 0 N–H and O–H groups in total. The summed E-state index contributed by atoms with van der Waals surface area (Å²) in [5.41, 5.74) is 1.92. The molecule has 0 aliphatic heterocycles. The molecule has 2 aliphatic carbocycles. The Labute approximate surface area is 123 Å². The van der Waals surface area contributed by atoms with Gasteiger partial charge in [-0.05, 0) is 32.3 Å². The van der Waals surface area contributed by atoms with Gasteiger partial charge in [0.1, 0.15) is 12.2 Å². The number of hydrogen-bond donors (Lipinski definition) is 0. The Morgan fingerprint density at radius 2 is 2.05 bits per heavy atom. The first-order chi connectivity index (χ1) is 9.79. The van der Waals surface area contributed by atoms with Crippen LogP contribution in [0.25, 0.3) is 0 Å². The summed E-state index contributed by atoms with van der Waals surface area (Å²) in [5, 5.41) is -0.727. The Morgan fingerprint density at radius 1 is 1.33 bits per heavy atom. The van der Waals surface area contributed by atoms with Crippen LogP contribution in [0.1, 0.15) is 17.7 Å². The summed E-state index contributed by atoms with van der Waals surface area (Å²) in [5.74, 6) is -0.268. The van der Waals surface area contributed by atoms with Gasteiger partial charge in [-0.2, -0.15) is 0 Å². The highest BCUT2D eigenvalue weighted by Crippen LogP contribution is 2.50. The molecule has 5 nitrogen and oxygen atoms in total. The normalized spacial score (nSPS) is 30.0. The van der Waals surface area contributed by atoms with Gasteiger partial charge in [0.05, 0.1) is 11.0 Å². The van der Waals surface area contributed by atoms with Gasteiger partial charge in [-0.3, -0.25) is 0 Å². The smallest absolute Gasteiger partial charge is 0.158 e. The second kappa shape index (κ2) is 4.69. The molecule has 1 aromatic rings. The molecule has 0 bridgehead atoms. The highest BCUT2D eigenvalue weighted by atomic mass is 32.2. The lowest BCUT2D eigenvalue weighted by Crippen LogP contribution is -2.26. The van der Waals surface area contributed by atoms with Crippen LogP contribution < -0.4 is 0 Å². The minimum Gasteiger partial charge on any atom is -0.241 e. The summed E-state index contributed by atoms with van der Waals surface area (Å²) in [7, 11) is -3.27. The third-order valence-electron chi connectivity index (χ3n) is 4.20. The molecule has 21 heavy (non-hydrogen) atoms. The van der Waals surface area contributed by atoms with E-state index in [1.54, 1.807) is 0 Å². The third kappa shape index (κ3) is 2.50. The van der Waals surface area contributed by atoms with Crippen LogP contribution in [0.3, 0.4) is 0 Å². The molecular weight excluding hydrogens is 293 g/mol. The van der Waals surface area contributed by atoms with Crippen molar-refractivity contribution in [1.29, 1.82) is 0 Å². The van der Waals surface area contributed by atoms with Crippen molar-refractivity contribution in [3.63, 3.8) is 0 Å². The largest absolute Gasteiger partial charge is 0.241 e. The van der Waals surface area contributed by atoms with Gasteiger partial charge in [0.15, 0.2) is 15.7 Å². The van der Waals surface area contributed by atoms with Crippen LogP contribution in [-0.4, -0.2) is 35.6 Å². The van der Waals surface area contributed by atoms with Crippen LogP contribution in [0.5, 0.6) is 0 Å². The topological polar surface area (TPSA) is 72.3 Å². The predicted molar refractivity (Wildman–Crippen MR) is 78.0 cm³/mol. The van der Waals surface area contributed by atoms with E-state index in [2.05, 4.69) is 15.0 Å². The third-order valence-corrected chi connectivity index (χ3v) is 5.67. The van der Waals surface area contributed by atoms with Crippen molar-refractivity contribution in [3.8, 4) is 0 Å². The highest BCUT2D eigenvalue weighted by Gasteiger charge is 2.53. The summed E-state index contributed by atoms with van der Waals surface area (Å²) in [6.07, 6.45) is 4.39. The first kappa shape index (κ1) is 14.3. The van der Waals surface area contributed by atoms with Gasteiger partial charge < -0.3 is 0 Å². The van der Waals surface area contributed by atoms with Crippen LogP contribution >= 0.6 is 0 Å². The van der Waals surface area contributed by atoms with Gasteiger partial charge in [-0.1, -0.05) is 0 Å². The molecule has 3 unspecified atom stereocenters. The van der Waals surface area contributed by atoms with Crippen molar-refractivity contribution in [2.24, 2.45) is 16.8 Å². The average molecular weight is 309 g/mol. The zero-order valence-corrected chi connectivity index (χ0v) is 12.9. The number of sulfone groups is 1. The number of aliphatic imine (C=N–C) groups is 1. The van der Waals surface area contributed by atoms with E-state index < -0.39 is 20.9 Å². The SMILES string of the molecule is Cc1ncnc(N=C2C(F)=CC(S(C)(=O)=O)C3CC23)c1C. The van der Waals surface area contributed by atoms with Crippen molar-refractivity contribution in [2.75, 3.05) is 6.26 Å². The average Bonchev–Trinajstić information content (AvgIpc) is 3.16. The van der Waals surface area contributed by atoms with E-state index in [0.717, 1.165) is 17.5 Å². The molecule has 1 fully saturated rings. The summed E-state index contributed by atoms with van der Waals surface area (Å²) in [6.45, 7) is 3.68. The number of aryl methyl sites for hydroxylation is 1. The van der Waals surface area contributed by atoms with E-state index in [4.69, 9.17) is 0 Å². The number of halogens is 1. The summed E-state index contributed by atoms with van der Waals surface area (Å²) < 4.78 is 37.6. The van der Waals surface area contributed by atoms with Gasteiger partial charge in [-0.25, -0.2) is 27.8 Å². The van der Waals surface area contributed by atoms with Crippen molar-refractivity contribution < 1.29 is 12.8 Å². The summed E-state index contributed by atoms with van der Waals surface area (Å²) >= 11 is 0. The molecule has 3 atom stereocenters. The maximum Gasteiger partial charge on any atom is 0.158 e. The molecule has 1 saturated carbocycles. The quantitative estimate of drug-likeness (QED) is 0.838. The highest BCUT2D eigenvalue weighted by molar-refractivity contribution is 7.91. The lowest BCUT2D eigenvalue weighted by atomic mass is 10.0. The fourth-order valence-corrected chi connectivity index (χ4v) is 4.05. The lowest BCUT2D eigenvalue weighted by Gasteiger charge is -2.17. The molecule has 1 heterocycles. The Balaban J connectivity index is 2.02. The molecule has 0 spiro atoms. The van der Waals surface area contributed by atoms with Crippen molar-refractivity contribution >= 4 is 21.4 Å². The fraction of sp³-hybridized carbons (Fsp3) is 0.500. The van der Waals surface area contributed by atoms with Crippen LogP contribution in [0.15, 0.2) is 23.2 Å². The maximum atomic E-state index is 14.2. The van der Waals surface area contributed by atoms with Gasteiger partial charge in [0.2, 0.25) is 0 Å². The van der Waals surface area contributed by atoms with Gasteiger partial charge in [-0.15, -0.1) is 0 Å². The second-order valence-electron chi connectivity index (χ2n) is 5.72. The second-order valence-corrected chi connectivity index (χ2v) is 7.92. The number of hydrogen-bond acceptors (Lipinski definition) is 5. The Morgan fingerprint density at radius 3 is 2.71 bits per heavy atom. The fourth-order valence-electron chi connectivity index (χ4n) is 2.75. The molecule has 112 valence electrons. The zero-order valence-electron chi connectivity index (χ0n) is 12.0. The molecule has 3 rings (SSSR count). The van der Waals surface area contributed by atoms with E-state index in [1.165, 1.54) is 12.4 Å². The number of aromatic nitrogens is 2. The van der Waals surface area contributed by atoms with E-state index in [1.807, 2.05) is 13.8 Å². The lowest BCUT2D eigenvalue weighted by molar-refractivity contribution is 0.577. The van der Waals surface area contributed by atoms with Crippen LogP contribution in [0.4, 0.5) is 10.2 Å². The monoisotopic (exact) mass is 309 g/mol. The van der Waals surface area contributed by atoms with Gasteiger partial charge in [0, 0.05) is 23.4 Å². The molecule has 7 heteroatoms. The predicted octanol–water partition coefficient (Wildman–Crippen LogP) is 2.08. The molecule has 0 radical (unpaired) electrons. The molecule has 0 aromatic carbocycles. The number of rotatable bonds is 2. The Kier molecular flexibility index (Phi) is 3.20. The van der Waals surface area contributed by atoms with Crippen LogP contribution in [-0.2, 0) is 9.84 Å². The van der Waals surface area contributed by atoms with E-state index in [9.17, 15) is 12.8 Å². The summed E-state index contributed by atoms with van der Waals surface area (Å²) in [4.78, 5) is 12.5. The zero-order chi connectivity index (χ0) is 15.4. The molecular formula is C14H16FN3O2S. The molecule has 1 aromatic heterocycles. The summed E-state index contributed by atoms with van der Waals surface area (Å²) in [6, 6.07) is 0. The van der Waals surface area contributed by atoms with E-state index in [-0.39, 0.29) is 11.8 Å². The van der Waals surface area contributed by atoms with E-state index >= 15 is 0 Å². The number of nitrogens with zero attached hydrogens (tertiary/aromatic N) is 3. The van der Waals surface area contributed by atoms with Crippen molar-refractivity contribution in [2.45, 2.75) is 25.5 Å². The number of fused-ring (bicyclic) bond motifs is 1. The molecule has 2 aliphatic rings. The molecule has 0 saturated heterocycles. The van der Waals surface area contributed by atoms with E-state index in [0.29, 0.717) is 18.0 Å². The molecule has 0 amide bonds. The first-order valence-electron chi connectivity index (χ1n) is 6.72. The minimum absolute atomic E-state index is 0.0542. The first-order valence-corrected chi connectivity index (χ1v) is 8.68. The Hall–Kier alpha value is -1.63. The standard InChI is InChI=1S/C14H16FN3O2S/c1-7-8(2)16-6-17-14(7)18-13-10-4-9(10)12(5-11(13)15)21(3,19)20/h5-6,9-10,12H,4H2,1-3H3. The van der Waals surface area contributed by atoms with Gasteiger partial charge in [0.25, 0.3) is 0 Å². The van der Waals surface area contributed by atoms with Gasteiger partial charge >= 0.3 is 0 Å². The van der Waals surface area contributed by atoms with Crippen LogP contribution in [0.2, 0.25) is 0 Å².